The zero-order valence-corrected chi connectivity index (χ0v) is 12.4. The lowest BCUT2D eigenvalue weighted by atomic mass is 9.86. The molecule has 1 saturated carbocycles. The first-order valence-corrected chi connectivity index (χ1v) is 7.82. The minimum Gasteiger partial charge on any atom is -0.342 e. The lowest BCUT2D eigenvalue weighted by molar-refractivity contribution is -0.134. The maximum atomic E-state index is 13.0. The van der Waals surface area contributed by atoms with Gasteiger partial charge in [0, 0.05) is 19.1 Å². The summed E-state index contributed by atoms with van der Waals surface area (Å²) in [6.45, 7) is 6.84. The Morgan fingerprint density at radius 3 is 2.45 bits per heavy atom. The first-order valence-electron chi connectivity index (χ1n) is 7.82. The molecule has 1 heterocycles. The van der Waals surface area contributed by atoms with Gasteiger partial charge in [0.25, 0.3) is 0 Å². The van der Waals surface area contributed by atoms with Crippen LogP contribution in [0.1, 0.15) is 32.3 Å². The molecule has 20 heavy (non-hydrogen) atoms. The number of rotatable bonds is 5. The van der Waals surface area contributed by atoms with Gasteiger partial charge >= 0.3 is 0 Å². The van der Waals surface area contributed by atoms with Crippen molar-refractivity contribution in [2.75, 3.05) is 19.6 Å². The smallest absolute Gasteiger partial charge is 0.233 e. The second-order valence-electron chi connectivity index (χ2n) is 5.97. The molecule has 3 atom stereocenters. The molecular weight excluding hydrogens is 248 g/mol. The van der Waals surface area contributed by atoms with E-state index in [-0.39, 0.29) is 5.41 Å². The van der Waals surface area contributed by atoms with Gasteiger partial charge in [-0.1, -0.05) is 30.3 Å². The summed E-state index contributed by atoms with van der Waals surface area (Å²) in [5.41, 5.74) is 0.946. The largest absolute Gasteiger partial charge is 0.342 e. The predicted molar refractivity (Wildman–Crippen MR) is 80.6 cm³/mol. The summed E-state index contributed by atoms with van der Waals surface area (Å²) < 4.78 is 0. The molecular formula is C17H24N2O. The van der Waals surface area contributed by atoms with Gasteiger partial charge in [-0.2, -0.15) is 0 Å². The molecule has 1 N–H and O–H groups in total. The number of carbonyl (C=O) groups excluding carboxylic acids is 1. The third-order valence-corrected chi connectivity index (χ3v) is 5.08. The number of hydrogen-bond donors (Lipinski definition) is 1. The number of carbonyl (C=O) groups is 1. The van der Waals surface area contributed by atoms with Gasteiger partial charge in [-0.05, 0) is 44.7 Å². The van der Waals surface area contributed by atoms with Gasteiger partial charge in [0.15, 0.2) is 0 Å². The van der Waals surface area contributed by atoms with Gasteiger partial charge in [-0.3, -0.25) is 4.79 Å². The summed E-state index contributed by atoms with van der Waals surface area (Å²) in [7, 11) is 0. The Labute approximate surface area is 121 Å². The molecule has 0 spiro atoms. The molecule has 0 bridgehead atoms. The van der Waals surface area contributed by atoms with E-state index in [9.17, 15) is 4.79 Å². The van der Waals surface area contributed by atoms with E-state index in [4.69, 9.17) is 0 Å². The normalized spacial score (nSPS) is 31.5. The Kier molecular flexibility index (Phi) is 3.55. The van der Waals surface area contributed by atoms with Crippen LogP contribution in [0.5, 0.6) is 0 Å². The molecule has 1 saturated heterocycles. The molecule has 2 fully saturated rings. The highest BCUT2D eigenvalue weighted by Gasteiger charge is 2.64. The van der Waals surface area contributed by atoms with Crippen LogP contribution in [-0.4, -0.2) is 36.5 Å². The minimum absolute atomic E-state index is 0.259. The molecule has 1 aliphatic heterocycles. The summed E-state index contributed by atoms with van der Waals surface area (Å²) in [5.74, 6) is 0.805. The van der Waals surface area contributed by atoms with Crippen LogP contribution in [0.4, 0.5) is 0 Å². The van der Waals surface area contributed by atoms with E-state index in [1.165, 1.54) is 12.0 Å². The molecule has 3 heteroatoms. The Bertz CT molecular complexity index is 479. The molecule has 108 valence electrons. The summed E-state index contributed by atoms with van der Waals surface area (Å²) in [4.78, 5) is 15.0. The zero-order valence-electron chi connectivity index (χ0n) is 12.4. The van der Waals surface area contributed by atoms with E-state index in [1.807, 2.05) is 11.0 Å². The van der Waals surface area contributed by atoms with Crippen molar-refractivity contribution < 1.29 is 4.79 Å². The van der Waals surface area contributed by atoms with Crippen molar-refractivity contribution in [1.82, 2.24) is 10.2 Å². The van der Waals surface area contributed by atoms with Gasteiger partial charge in [0.1, 0.15) is 0 Å². The fourth-order valence-electron chi connectivity index (χ4n) is 3.66. The van der Waals surface area contributed by atoms with Crippen molar-refractivity contribution in [3.8, 4) is 0 Å². The molecule has 1 aliphatic carbocycles. The lowest BCUT2D eigenvalue weighted by Crippen LogP contribution is -2.49. The lowest BCUT2D eigenvalue weighted by Gasteiger charge is -2.32. The molecule has 0 unspecified atom stereocenters. The fraction of sp³-hybridized carbons (Fsp3) is 0.588. The van der Waals surface area contributed by atoms with Crippen LogP contribution in [0.2, 0.25) is 0 Å². The van der Waals surface area contributed by atoms with Gasteiger partial charge in [-0.25, -0.2) is 0 Å². The molecule has 3 rings (SSSR count). The van der Waals surface area contributed by atoms with Gasteiger partial charge in [-0.15, -0.1) is 0 Å². The van der Waals surface area contributed by atoms with Crippen LogP contribution in [0, 0.1) is 5.92 Å². The first-order chi connectivity index (χ1) is 9.74. The Morgan fingerprint density at radius 2 is 1.95 bits per heavy atom. The highest BCUT2D eigenvalue weighted by atomic mass is 16.2. The number of nitrogens with one attached hydrogen (secondary N) is 1. The van der Waals surface area contributed by atoms with E-state index in [0.717, 1.165) is 26.1 Å². The van der Waals surface area contributed by atoms with Crippen LogP contribution in [0.3, 0.4) is 0 Å². The quantitative estimate of drug-likeness (QED) is 0.891. The van der Waals surface area contributed by atoms with Gasteiger partial charge in [0.05, 0.1) is 5.41 Å². The standard InChI is InChI=1S/C17H24N2O/c1-3-19(4-2)16(20)17(13-8-6-5-7-9-13)12-14(17)15-10-11-18-15/h5-9,14-15,18H,3-4,10-12H2,1-2H3/t14-,15-,17+/m0/s1. The summed E-state index contributed by atoms with van der Waals surface area (Å²) in [5, 5.41) is 3.49. The Hall–Kier alpha value is -1.35. The SMILES string of the molecule is CCN(CC)C(=O)[C@@]1(c2ccccc2)C[C@H]1[C@@H]1CCN1. The molecule has 0 aromatic heterocycles. The second-order valence-corrected chi connectivity index (χ2v) is 5.97. The van der Waals surface area contributed by atoms with E-state index in [1.54, 1.807) is 0 Å². The van der Waals surface area contributed by atoms with Gasteiger partial charge in [0.2, 0.25) is 5.91 Å². The molecule has 1 amide bonds. The second kappa shape index (κ2) is 5.21. The average molecular weight is 272 g/mol. The third kappa shape index (κ3) is 1.96. The van der Waals surface area contributed by atoms with Gasteiger partial charge < -0.3 is 10.2 Å². The first kappa shape index (κ1) is 13.6. The monoisotopic (exact) mass is 272 g/mol. The van der Waals surface area contributed by atoms with Crippen molar-refractivity contribution in [3.05, 3.63) is 35.9 Å². The van der Waals surface area contributed by atoms with E-state index in [2.05, 4.69) is 43.4 Å². The van der Waals surface area contributed by atoms with E-state index < -0.39 is 0 Å². The number of likely N-dealkylation sites (N-methyl/N-ethyl adjacent to an activating group) is 1. The maximum absolute atomic E-state index is 13.0. The average Bonchev–Trinajstić information content (AvgIpc) is 3.15. The molecule has 2 aliphatic rings. The van der Waals surface area contributed by atoms with Crippen molar-refractivity contribution >= 4 is 5.91 Å². The van der Waals surface area contributed by atoms with E-state index in [0.29, 0.717) is 17.9 Å². The van der Waals surface area contributed by atoms with Crippen molar-refractivity contribution in [3.63, 3.8) is 0 Å². The molecule has 0 radical (unpaired) electrons. The number of benzene rings is 1. The van der Waals surface area contributed by atoms with Crippen LogP contribution in [0.15, 0.2) is 30.3 Å². The summed E-state index contributed by atoms with van der Waals surface area (Å²) >= 11 is 0. The van der Waals surface area contributed by atoms with Crippen LogP contribution < -0.4 is 5.32 Å². The number of nitrogens with zero attached hydrogens (tertiary/aromatic N) is 1. The van der Waals surface area contributed by atoms with Crippen molar-refractivity contribution in [2.24, 2.45) is 5.92 Å². The fourth-order valence-corrected chi connectivity index (χ4v) is 3.66. The maximum Gasteiger partial charge on any atom is 0.233 e. The van der Waals surface area contributed by atoms with E-state index >= 15 is 0 Å². The predicted octanol–water partition coefficient (Wildman–Crippen LogP) is 2.17. The Balaban J connectivity index is 1.91. The molecule has 1 aromatic carbocycles. The topological polar surface area (TPSA) is 32.3 Å². The molecule has 1 aromatic rings. The highest BCUT2D eigenvalue weighted by Crippen LogP contribution is 2.58. The highest BCUT2D eigenvalue weighted by molar-refractivity contribution is 5.92. The minimum atomic E-state index is -0.259. The Morgan fingerprint density at radius 1 is 1.30 bits per heavy atom. The number of amides is 1. The van der Waals surface area contributed by atoms with Crippen molar-refractivity contribution in [2.45, 2.75) is 38.1 Å². The third-order valence-electron chi connectivity index (χ3n) is 5.08. The van der Waals surface area contributed by atoms with Crippen LogP contribution in [0.25, 0.3) is 0 Å². The summed E-state index contributed by atoms with van der Waals surface area (Å²) in [6, 6.07) is 10.9. The van der Waals surface area contributed by atoms with Crippen LogP contribution in [-0.2, 0) is 10.2 Å². The summed E-state index contributed by atoms with van der Waals surface area (Å²) in [6.07, 6.45) is 2.22. The number of hydrogen-bond acceptors (Lipinski definition) is 2. The van der Waals surface area contributed by atoms with Crippen LogP contribution >= 0.6 is 0 Å². The van der Waals surface area contributed by atoms with Crippen molar-refractivity contribution in [1.29, 1.82) is 0 Å². The molecule has 3 nitrogen and oxygen atoms in total. The zero-order chi connectivity index (χ0) is 14.2.